The number of aryl methyl sites for hydroxylation is 1. The molecule has 0 unspecified atom stereocenters. The summed E-state index contributed by atoms with van der Waals surface area (Å²) < 4.78 is 10.9. The lowest BCUT2D eigenvalue weighted by Gasteiger charge is -2.14. The van der Waals surface area contributed by atoms with Crippen molar-refractivity contribution in [3.8, 4) is 21.9 Å². The summed E-state index contributed by atoms with van der Waals surface area (Å²) >= 11 is 1.28. The van der Waals surface area contributed by atoms with Gasteiger partial charge in [0.2, 0.25) is 0 Å². The van der Waals surface area contributed by atoms with Crippen molar-refractivity contribution in [2.45, 2.75) is 19.3 Å². The molecule has 0 fully saturated rings. The molecule has 0 bridgehead atoms. The summed E-state index contributed by atoms with van der Waals surface area (Å²) in [5.74, 6) is 0.777. The predicted molar refractivity (Wildman–Crippen MR) is 96.6 cm³/mol. The second-order valence-electron chi connectivity index (χ2n) is 5.68. The van der Waals surface area contributed by atoms with E-state index < -0.39 is 11.9 Å². The van der Waals surface area contributed by atoms with Gasteiger partial charge in [0.25, 0.3) is 5.91 Å². The number of primary amides is 2. The van der Waals surface area contributed by atoms with Crippen LogP contribution in [-0.4, -0.2) is 26.2 Å². The summed E-state index contributed by atoms with van der Waals surface area (Å²) in [6, 6.07) is 3.04. The Morgan fingerprint density at radius 3 is 2.52 bits per heavy atom. The molecule has 0 spiro atoms. The Bertz CT molecular complexity index is 860. The van der Waals surface area contributed by atoms with Gasteiger partial charge in [0.1, 0.15) is 16.5 Å². The number of nitrogens with one attached hydrogen (secondary N) is 1. The number of rotatable bonds is 4. The van der Waals surface area contributed by atoms with E-state index in [2.05, 4.69) is 5.32 Å². The highest BCUT2D eigenvalue weighted by molar-refractivity contribution is 7.20. The zero-order valence-electron chi connectivity index (χ0n) is 14.0. The van der Waals surface area contributed by atoms with Gasteiger partial charge < -0.3 is 20.9 Å². The fourth-order valence-electron chi connectivity index (χ4n) is 3.20. The number of hydrogen-bond donors (Lipinski definition) is 3. The number of fused-ring (bicyclic) bond motifs is 3. The first-order valence-corrected chi connectivity index (χ1v) is 8.55. The number of carbonyl (C=O) groups is 2. The molecule has 2 aromatic rings. The van der Waals surface area contributed by atoms with Crippen LogP contribution < -0.4 is 26.3 Å². The molecule has 25 heavy (non-hydrogen) atoms. The van der Waals surface area contributed by atoms with Crippen LogP contribution in [0.25, 0.3) is 10.4 Å². The highest BCUT2D eigenvalue weighted by Gasteiger charge is 2.29. The van der Waals surface area contributed by atoms with Gasteiger partial charge in [-0.05, 0) is 36.5 Å². The van der Waals surface area contributed by atoms with Crippen molar-refractivity contribution < 1.29 is 19.1 Å². The summed E-state index contributed by atoms with van der Waals surface area (Å²) in [7, 11) is 3.19. The maximum absolute atomic E-state index is 12.0. The summed E-state index contributed by atoms with van der Waals surface area (Å²) in [6.45, 7) is 0. The third-order valence-electron chi connectivity index (χ3n) is 4.20. The number of nitrogens with two attached hydrogens (primary N) is 2. The van der Waals surface area contributed by atoms with Gasteiger partial charge in [-0.2, -0.15) is 0 Å². The summed E-state index contributed by atoms with van der Waals surface area (Å²) in [4.78, 5) is 24.2. The van der Waals surface area contributed by atoms with Crippen LogP contribution in [-0.2, 0) is 12.8 Å². The molecule has 3 amide bonds. The van der Waals surface area contributed by atoms with Crippen LogP contribution in [0.3, 0.4) is 0 Å². The number of methoxy groups -OCH3 is 2. The van der Waals surface area contributed by atoms with Gasteiger partial charge in [-0.3, -0.25) is 10.1 Å². The smallest absolute Gasteiger partial charge is 0.317 e. The minimum absolute atomic E-state index is 0.324. The van der Waals surface area contributed by atoms with Crippen LogP contribution in [0, 0.1) is 0 Å². The van der Waals surface area contributed by atoms with E-state index in [-0.39, 0.29) is 0 Å². The minimum atomic E-state index is -0.735. The van der Waals surface area contributed by atoms with E-state index >= 15 is 0 Å². The van der Waals surface area contributed by atoms with Crippen LogP contribution in [0.1, 0.15) is 27.9 Å². The number of carbonyl (C=O) groups excluding carboxylic acids is 2. The number of urea groups is 1. The minimum Gasteiger partial charge on any atom is -0.497 e. The van der Waals surface area contributed by atoms with Crippen molar-refractivity contribution in [1.29, 1.82) is 0 Å². The fraction of sp³-hybridized carbons (Fsp3) is 0.294. The molecule has 7 nitrogen and oxygen atoms in total. The van der Waals surface area contributed by atoms with Crippen LogP contribution in [0.4, 0.5) is 9.80 Å². The number of anilines is 1. The molecule has 5 N–H and O–H groups in total. The normalized spacial score (nSPS) is 12.6. The maximum atomic E-state index is 12.0. The highest BCUT2D eigenvalue weighted by atomic mass is 32.1. The third-order valence-corrected chi connectivity index (χ3v) is 5.37. The molecule has 0 atom stereocenters. The molecule has 0 aliphatic heterocycles. The number of hydrogen-bond acceptors (Lipinski definition) is 5. The van der Waals surface area contributed by atoms with E-state index in [1.54, 1.807) is 20.3 Å². The van der Waals surface area contributed by atoms with Gasteiger partial charge in [-0.1, -0.05) is 0 Å². The molecule has 0 radical (unpaired) electrons. The molecule has 1 aliphatic carbocycles. The van der Waals surface area contributed by atoms with Gasteiger partial charge >= 0.3 is 6.03 Å². The molecule has 1 aromatic carbocycles. The first-order valence-electron chi connectivity index (χ1n) is 7.73. The lowest BCUT2D eigenvalue weighted by molar-refractivity contribution is 0.100. The highest BCUT2D eigenvalue weighted by Crippen LogP contribution is 2.48. The molecule has 1 aromatic heterocycles. The van der Waals surface area contributed by atoms with Crippen molar-refractivity contribution in [2.75, 3.05) is 19.5 Å². The summed E-state index contributed by atoms with van der Waals surface area (Å²) in [5, 5.41) is 2.89. The third kappa shape index (κ3) is 3.00. The average molecular weight is 361 g/mol. The fourth-order valence-corrected chi connectivity index (χ4v) is 4.54. The second-order valence-corrected chi connectivity index (χ2v) is 6.71. The standard InChI is InChI=1S/C17H19N3O4S/c1-23-9-6-8-4-3-5-10-13(15(18)21)16(20-17(19)22)25-14(10)12(8)11(7-9)24-2/h6-7H,3-5H2,1-2H3,(H2,18,21)(H3,19,20,22). The van der Waals surface area contributed by atoms with E-state index in [9.17, 15) is 9.59 Å². The topological polar surface area (TPSA) is 117 Å². The van der Waals surface area contributed by atoms with Gasteiger partial charge in [-0.15, -0.1) is 11.3 Å². The Morgan fingerprint density at radius 1 is 1.16 bits per heavy atom. The Labute approximate surface area is 148 Å². The molecule has 0 saturated heterocycles. The van der Waals surface area contributed by atoms with Crippen LogP contribution in [0.2, 0.25) is 0 Å². The quantitative estimate of drug-likeness (QED) is 0.775. The number of amides is 3. The molecular formula is C17H19N3O4S. The average Bonchev–Trinajstić information content (AvgIpc) is 2.81. The van der Waals surface area contributed by atoms with Crippen molar-refractivity contribution in [3.63, 3.8) is 0 Å². The summed E-state index contributed by atoms with van der Waals surface area (Å²) in [5.41, 5.74) is 13.9. The number of thiophene rings is 1. The van der Waals surface area contributed by atoms with Crippen LogP contribution >= 0.6 is 11.3 Å². The van der Waals surface area contributed by atoms with E-state index in [4.69, 9.17) is 20.9 Å². The molecule has 1 aliphatic rings. The zero-order chi connectivity index (χ0) is 18.1. The van der Waals surface area contributed by atoms with Gasteiger partial charge in [-0.25, -0.2) is 4.79 Å². The first-order chi connectivity index (χ1) is 12.0. The Balaban J connectivity index is 2.29. The van der Waals surface area contributed by atoms with Crippen molar-refractivity contribution >= 4 is 28.3 Å². The number of ether oxygens (including phenoxy) is 2. The number of benzene rings is 1. The lowest BCUT2D eigenvalue weighted by Crippen LogP contribution is -2.22. The van der Waals surface area contributed by atoms with E-state index in [1.807, 2.05) is 6.07 Å². The van der Waals surface area contributed by atoms with E-state index in [0.717, 1.165) is 34.4 Å². The lowest BCUT2D eigenvalue weighted by atomic mass is 10.0. The Morgan fingerprint density at radius 2 is 1.92 bits per heavy atom. The van der Waals surface area contributed by atoms with Crippen LogP contribution in [0.15, 0.2) is 12.1 Å². The van der Waals surface area contributed by atoms with Gasteiger partial charge in [0.05, 0.1) is 19.8 Å². The second kappa shape index (κ2) is 6.64. The van der Waals surface area contributed by atoms with Gasteiger partial charge in [0, 0.05) is 16.5 Å². The van der Waals surface area contributed by atoms with Crippen molar-refractivity contribution in [1.82, 2.24) is 0 Å². The SMILES string of the molecule is COc1cc2c(c(OC)c1)-c1sc(NC(N)=O)c(C(N)=O)c1CCC2. The molecule has 0 saturated carbocycles. The Kier molecular flexibility index (Phi) is 4.54. The molecule has 8 heteroatoms. The van der Waals surface area contributed by atoms with E-state index in [1.165, 1.54) is 11.3 Å². The zero-order valence-corrected chi connectivity index (χ0v) is 14.8. The Hall–Kier alpha value is -2.74. The summed E-state index contributed by atoms with van der Waals surface area (Å²) in [6.07, 6.45) is 2.33. The van der Waals surface area contributed by atoms with Crippen LogP contribution in [0.5, 0.6) is 11.5 Å². The van der Waals surface area contributed by atoms with Crippen molar-refractivity contribution in [3.05, 3.63) is 28.8 Å². The first kappa shape index (κ1) is 17.1. The molecule has 1 heterocycles. The molecule has 132 valence electrons. The monoisotopic (exact) mass is 361 g/mol. The predicted octanol–water partition coefficient (Wildman–Crippen LogP) is 2.51. The molecular weight excluding hydrogens is 342 g/mol. The maximum Gasteiger partial charge on any atom is 0.317 e. The molecule has 3 rings (SSSR count). The van der Waals surface area contributed by atoms with Gasteiger partial charge in [0.15, 0.2) is 0 Å². The largest absolute Gasteiger partial charge is 0.497 e. The van der Waals surface area contributed by atoms with E-state index in [0.29, 0.717) is 28.5 Å². The van der Waals surface area contributed by atoms with Crippen molar-refractivity contribution in [2.24, 2.45) is 11.5 Å².